The van der Waals surface area contributed by atoms with E-state index in [1.807, 2.05) is 0 Å². The summed E-state index contributed by atoms with van der Waals surface area (Å²) >= 11 is 0. The van der Waals surface area contributed by atoms with Gasteiger partial charge in [-0.25, -0.2) is 4.39 Å². The molecule has 0 aliphatic rings. The van der Waals surface area contributed by atoms with Crippen LogP contribution in [0.25, 0.3) is 10.8 Å². The first-order valence-electron chi connectivity index (χ1n) is 6.73. The second-order valence-electron chi connectivity index (χ2n) is 4.86. The van der Waals surface area contributed by atoms with E-state index in [0.29, 0.717) is 22.9 Å². The van der Waals surface area contributed by atoms with Gasteiger partial charge in [-0.05, 0) is 23.8 Å². The number of H-pyrrole nitrogens is 1. The molecule has 110 valence electrons. The first-order chi connectivity index (χ1) is 10.6. The third-order valence-electron chi connectivity index (χ3n) is 3.36. The number of fused-ring (bicyclic) bond motifs is 1. The van der Waals surface area contributed by atoms with Gasteiger partial charge in [-0.2, -0.15) is 0 Å². The number of nitrogens with zero attached hydrogens (tertiary/aromatic N) is 1. The van der Waals surface area contributed by atoms with Gasteiger partial charge >= 0.3 is 0 Å². The van der Waals surface area contributed by atoms with Crippen LogP contribution < -0.4 is 5.56 Å². The number of aromatic amines is 1. The van der Waals surface area contributed by atoms with Gasteiger partial charge in [-0.15, -0.1) is 0 Å². The van der Waals surface area contributed by atoms with Crippen molar-refractivity contribution in [2.75, 3.05) is 0 Å². The Labute approximate surface area is 125 Å². The molecule has 5 heteroatoms. The summed E-state index contributed by atoms with van der Waals surface area (Å²) in [4.78, 5) is 18.4. The summed E-state index contributed by atoms with van der Waals surface area (Å²) in [6.07, 6.45) is 1.51. The molecule has 0 unspecified atom stereocenters. The maximum atomic E-state index is 12.8. The highest BCUT2D eigenvalue weighted by Crippen LogP contribution is 2.20. The van der Waals surface area contributed by atoms with Crippen LogP contribution in [0.3, 0.4) is 0 Å². The van der Waals surface area contributed by atoms with E-state index in [4.69, 9.17) is 0 Å². The van der Waals surface area contributed by atoms with Crippen LogP contribution in [-0.2, 0) is 6.54 Å². The highest BCUT2D eigenvalue weighted by molar-refractivity contribution is 6.01. The zero-order valence-corrected chi connectivity index (χ0v) is 11.6. The number of halogens is 1. The number of nitrogens with one attached hydrogen (secondary N) is 1. The molecule has 0 saturated heterocycles. The molecule has 1 heterocycles. The maximum Gasteiger partial charge on any atom is 0.258 e. The fraction of sp³-hybridized carbons (Fsp3) is 0.0588. The molecule has 0 bridgehead atoms. The lowest BCUT2D eigenvalue weighted by atomic mass is 10.1. The van der Waals surface area contributed by atoms with Crippen LogP contribution in [0.15, 0.2) is 58.3 Å². The van der Waals surface area contributed by atoms with Crippen LogP contribution >= 0.6 is 0 Å². The number of benzene rings is 2. The third-order valence-corrected chi connectivity index (χ3v) is 3.36. The largest absolute Gasteiger partial charge is 0.494 e. The number of aliphatic imine (C=N–C) groups is 1. The number of aromatic nitrogens is 1. The van der Waals surface area contributed by atoms with E-state index in [9.17, 15) is 14.3 Å². The SMILES string of the molecule is O=c1[nH]c(O)c(C=NCc2ccc(F)cc2)c2ccccc12. The molecule has 0 aliphatic carbocycles. The number of aromatic hydroxyl groups is 1. The van der Waals surface area contributed by atoms with Crippen LogP contribution in [0, 0.1) is 5.82 Å². The monoisotopic (exact) mass is 296 g/mol. The zero-order valence-electron chi connectivity index (χ0n) is 11.6. The molecule has 0 amide bonds. The van der Waals surface area contributed by atoms with Crippen molar-refractivity contribution in [3.8, 4) is 5.88 Å². The predicted octanol–water partition coefficient (Wildman–Crippen LogP) is 2.99. The van der Waals surface area contributed by atoms with Crippen molar-refractivity contribution in [2.45, 2.75) is 6.54 Å². The zero-order chi connectivity index (χ0) is 15.5. The molecule has 0 atom stereocenters. The van der Waals surface area contributed by atoms with Gasteiger partial charge in [0, 0.05) is 17.0 Å². The molecular formula is C17H13FN2O2. The summed E-state index contributed by atoms with van der Waals surface area (Å²) in [5.74, 6) is -0.511. The average Bonchev–Trinajstić information content (AvgIpc) is 2.52. The van der Waals surface area contributed by atoms with Crippen molar-refractivity contribution < 1.29 is 9.50 Å². The minimum absolute atomic E-state index is 0.216. The van der Waals surface area contributed by atoms with Crippen molar-refractivity contribution in [3.05, 3.63) is 75.8 Å². The maximum absolute atomic E-state index is 12.8. The van der Waals surface area contributed by atoms with Gasteiger partial charge in [0.25, 0.3) is 5.56 Å². The van der Waals surface area contributed by atoms with Crippen molar-refractivity contribution in [2.24, 2.45) is 4.99 Å². The Balaban J connectivity index is 1.95. The minimum atomic E-state index is -0.344. The molecule has 3 aromatic rings. The van der Waals surface area contributed by atoms with Gasteiger partial charge in [-0.1, -0.05) is 30.3 Å². The molecule has 0 aliphatic heterocycles. The van der Waals surface area contributed by atoms with Crippen molar-refractivity contribution in [1.82, 2.24) is 4.98 Å². The quantitative estimate of drug-likeness (QED) is 0.730. The van der Waals surface area contributed by atoms with Crippen LogP contribution in [0.5, 0.6) is 5.88 Å². The summed E-state index contributed by atoms with van der Waals surface area (Å²) in [6, 6.07) is 13.0. The van der Waals surface area contributed by atoms with E-state index >= 15 is 0 Å². The van der Waals surface area contributed by atoms with Gasteiger partial charge in [0.2, 0.25) is 5.88 Å². The van der Waals surface area contributed by atoms with Crippen LogP contribution in [0.4, 0.5) is 4.39 Å². The van der Waals surface area contributed by atoms with E-state index in [0.717, 1.165) is 5.56 Å². The van der Waals surface area contributed by atoms with Crippen molar-refractivity contribution in [3.63, 3.8) is 0 Å². The Kier molecular flexibility index (Phi) is 3.70. The normalized spacial score (nSPS) is 11.3. The molecule has 0 spiro atoms. The molecule has 2 N–H and O–H groups in total. The summed E-state index contributed by atoms with van der Waals surface area (Å²) in [7, 11) is 0. The number of rotatable bonds is 3. The number of hydrogen-bond donors (Lipinski definition) is 2. The van der Waals surface area contributed by atoms with E-state index in [1.54, 1.807) is 36.4 Å². The van der Waals surface area contributed by atoms with Crippen LogP contribution in [0.2, 0.25) is 0 Å². The van der Waals surface area contributed by atoms with Gasteiger partial charge in [0.15, 0.2) is 0 Å². The second kappa shape index (κ2) is 5.81. The molecule has 0 fully saturated rings. The van der Waals surface area contributed by atoms with E-state index in [2.05, 4.69) is 9.98 Å². The Morgan fingerprint density at radius 3 is 2.50 bits per heavy atom. The van der Waals surface area contributed by atoms with Gasteiger partial charge in [0.1, 0.15) is 5.82 Å². The Hall–Kier alpha value is -2.95. The molecular weight excluding hydrogens is 283 g/mol. The summed E-state index contributed by atoms with van der Waals surface area (Å²) in [5.41, 5.74) is 0.965. The number of hydrogen-bond acceptors (Lipinski definition) is 3. The first-order valence-corrected chi connectivity index (χ1v) is 6.73. The fourth-order valence-electron chi connectivity index (χ4n) is 2.25. The lowest BCUT2D eigenvalue weighted by Gasteiger charge is -2.04. The lowest BCUT2D eigenvalue weighted by molar-refractivity contribution is 0.452. The van der Waals surface area contributed by atoms with Gasteiger partial charge in [-0.3, -0.25) is 14.8 Å². The molecule has 0 saturated carbocycles. The molecule has 3 rings (SSSR count). The molecule has 0 radical (unpaired) electrons. The highest BCUT2D eigenvalue weighted by atomic mass is 19.1. The lowest BCUT2D eigenvalue weighted by Crippen LogP contribution is -2.07. The van der Waals surface area contributed by atoms with E-state index in [-0.39, 0.29) is 17.3 Å². The Bertz CT molecular complexity index is 899. The standard InChI is InChI=1S/C17H13FN2O2/c18-12-7-5-11(6-8-12)9-19-10-15-13-3-1-2-4-14(13)16(21)20-17(15)22/h1-8,10H,9H2,(H2,20,21,22). The van der Waals surface area contributed by atoms with Gasteiger partial charge < -0.3 is 5.11 Å². The fourth-order valence-corrected chi connectivity index (χ4v) is 2.25. The average molecular weight is 296 g/mol. The highest BCUT2D eigenvalue weighted by Gasteiger charge is 2.08. The third kappa shape index (κ3) is 2.74. The Morgan fingerprint density at radius 1 is 1.09 bits per heavy atom. The number of pyridine rings is 1. The summed E-state index contributed by atoms with van der Waals surface area (Å²) in [5, 5.41) is 11.0. The summed E-state index contributed by atoms with van der Waals surface area (Å²) in [6.45, 7) is 0.354. The van der Waals surface area contributed by atoms with Crippen LogP contribution in [-0.4, -0.2) is 16.3 Å². The molecule has 2 aromatic carbocycles. The molecule has 1 aromatic heterocycles. The topological polar surface area (TPSA) is 65.5 Å². The first kappa shape index (κ1) is 14.0. The second-order valence-corrected chi connectivity index (χ2v) is 4.86. The van der Waals surface area contributed by atoms with E-state index in [1.165, 1.54) is 18.3 Å². The minimum Gasteiger partial charge on any atom is -0.494 e. The predicted molar refractivity (Wildman–Crippen MR) is 83.9 cm³/mol. The Morgan fingerprint density at radius 2 is 1.77 bits per heavy atom. The summed E-state index contributed by atoms with van der Waals surface area (Å²) < 4.78 is 12.8. The molecule has 22 heavy (non-hydrogen) atoms. The van der Waals surface area contributed by atoms with E-state index < -0.39 is 0 Å². The van der Waals surface area contributed by atoms with Gasteiger partial charge in [0.05, 0.1) is 12.1 Å². The van der Waals surface area contributed by atoms with Crippen molar-refractivity contribution >= 4 is 17.0 Å². The van der Waals surface area contributed by atoms with Crippen molar-refractivity contribution in [1.29, 1.82) is 0 Å². The van der Waals surface area contributed by atoms with Crippen LogP contribution in [0.1, 0.15) is 11.1 Å². The smallest absolute Gasteiger partial charge is 0.258 e. The molecule has 4 nitrogen and oxygen atoms in total.